The fourth-order valence-corrected chi connectivity index (χ4v) is 1.86. The maximum atomic E-state index is 13.5. The van der Waals surface area contributed by atoms with Gasteiger partial charge in [0.1, 0.15) is 5.82 Å². The van der Waals surface area contributed by atoms with Crippen molar-refractivity contribution in [2.75, 3.05) is 38.2 Å². The molecule has 1 fully saturated rings. The van der Waals surface area contributed by atoms with Gasteiger partial charge in [-0.2, -0.15) is 0 Å². The summed E-state index contributed by atoms with van der Waals surface area (Å²) in [4.78, 5) is 13.6. The van der Waals surface area contributed by atoms with Gasteiger partial charge in [-0.05, 0) is 24.6 Å². The first-order valence-corrected chi connectivity index (χ1v) is 6.02. The number of amides is 1. The highest BCUT2D eigenvalue weighted by molar-refractivity contribution is 5.81. The Labute approximate surface area is 106 Å². The summed E-state index contributed by atoms with van der Waals surface area (Å²) in [5.74, 6) is -0.358. The highest BCUT2D eigenvalue weighted by Crippen LogP contribution is 2.14. The number of carbonyl (C=O) groups excluding carboxylic acids is 1. The standard InChI is InChI=1S/C13H17FN2O2/c1-10-2-3-12(11(14)8-10)15-9-13(17)16-4-6-18-7-5-16/h2-3,8,15H,4-7,9H2,1H3. The van der Waals surface area contributed by atoms with Gasteiger partial charge in [-0.15, -0.1) is 0 Å². The van der Waals surface area contributed by atoms with Gasteiger partial charge in [0, 0.05) is 13.1 Å². The molecule has 1 N–H and O–H groups in total. The Morgan fingerprint density at radius 1 is 1.44 bits per heavy atom. The third kappa shape index (κ3) is 3.20. The summed E-state index contributed by atoms with van der Waals surface area (Å²) in [5.41, 5.74) is 1.22. The van der Waals surface area contributed by atoms with Gasteiger partial charge in [0.2, 0.25) is 5.91 Å². The number of morpholine rings is 1. The Kier molecular flexibility index (Phi) is 4.15. The lowest BCUT2D eigenvalue weighted by Gasteiger charge is -2.27. The summed E-state index contributed by atoms with van der Waals surface area (Å²) < 4.78 is 18.7. The molecule has 4 nitrogen and oxygen atoms in total. The molecule has 0 aromatic heterocycles. The van der Waals surface area contributed by atoms with E-state index in [-0.39, 0.29) is 18.3 Å². The number of aryl methyl sites for hydroxylation is 1. The molecule has 2 rings (SSSR count). The number of hydrogen-bond acceptors (Lipinski definition) is 3. The van der Waals surface area contributed by atoms with Crippen LogP contribution in [-0.4, -0.2) is 43.7 Å². The number of nitrogens with one attached hydrogen (secondary N) is 1. The lowest BCUT2D eigenvalue weighted by Crippen LogP contribution is -2.43. The predicted octanol–water partition coefficient (Wildman–Crippen LogP) is 1.40. The number of nitrogens with zero attached hydrogens (tertiary/aromatic N) is 1. The van der Waals surface area contributed by atoms with E-state index in [0.29, 0.717) is 32.0 Å². The number of benzene rings is 1. The summed E-state index contributed by atoms with van der Waals surface area (Å²) in [6, 6.07) is 4.91. The lowest BCUT2D eigenvalue weighted by molar-refractivity contribution is -0.133. The molecule has 1 heterocycles. The Hall–Kier alpha value is -1.62. The molecule has 5 heteroatoms. The molecule has 0 unspecified atom stereocenters. The van der Waals surface area contributed by atoms with E-state index in [1.54, 1.807) is 11.0 Å². The van der Waals surface area contributed by atoms with Crippen LogP contribution in [0.15, 0.2) is 18.2 Å². The summed E-state index contributed by atoms with van der Waals surface area (Å²) in [5, 5.41) is 2.83. The smallest absolute Gasteiger partial charge is 0.242 e. The number of hydrogen-bond donors (Lipinski definition) is 1. The second kappa shape index (κ2) is 5.82. The van der Waals surface area contributed by atoms with E-state index in [1.807, 2.05) is 13.0 Å². The van der Waals surface area contributed by atoms with Crippen molar-refractivity contribution in [3.05, 3.63) is 29.6 Å². The molecule has 1 aliphatic rings. The molecule has 1 amide bonds. The molecule has 0 saturated carbocycles. The van der Waals surface area contributed by atoms with E-state index in [1.165, 1.54) is 6.07 Å². The maximum absolute atomic E-state index is 13.5. The van der Waals surface area contributed by atoms with Crippen LogP contribution in [0, 0.1) is 12.7 Å². The summed E-state index contributed by atoms with van der Waals surface area (Å²) in [6.45, 7) is 4.30. The highest BCUT2D eigenvalue weighted by Gasteiger charge is 2.16. The molecule has 1 saturated heterocycles. The van der Waals surface area contributed by atoms with E-state index in [0.717, 1.165) is 5.56 Å². The lowest BCUT2D eigenvalue weighted by atomic mass is 10.2. The van der Waals surface area contributed by atoms with Crippen molar-refractivity contribution >= 4 is 11.6 Å². The fourth-order valence-electron chi connectivity index (χ4n) is 1.86. The van der Waals surface area contributed by atoms with Gasteiger partial charge in [0.15, 0.2) is 0 Å². The van der Waals surface area contributed by atoms with Crippen molar-refractivity contribution in [2.24, 2.45) is 0 Å². The molecule has 98 valence electrons. The van der Waals surface area contributed by atoms with Crippen LogP contribution in [0.25, 0.3) is 0 Å². The van der Waals surface area contributed by atoms with Crippen LogP contribution in [0.3, 0.4) is 0 Å². The number of carbonyl (C=O) groups is 1. The molecule has 1 aromatic carbocycles. The van der Waals surface area contributed by atoms with Crippen molar-refractivity contribution < 1.29 is 13.9 Å². The molecular weight excluding hydrogens is 235 g/mol. The van der Waals surface area contributed by atoms with E-state index in [2.05, 4.69) is 5.32 Å². The maximum Gasteiger partial charge on any atom is 0.242 e. The average Bonchev–Trinajstić information content (AvgIpc) is 2.38. The van der Waals surface area contributed by atoms with Crippen LogP contribution in [0.4, 0.5) is 10.1 Å². The Bertz CT molecular complexity index is 431. The van der Waals surface area contributed by atoms with Crippen molar-refractivity contribution in [3.63, 3.8) is 0 Å². The number of rotatable bonds is 3. The number of ether oxygens (including phenoxy) is 1. The van der Waals surface area contributed by atoms with Crippen LogP contribution >= 0.6 is 0 Å². The third-order valence-electron chi connectivity index (χ3n) is 2.92. The van der Waals surface area contributed by atoms with Crippen LogP contribution in [0.5, 0.6) is 0 Å². The van der Waals surface area contributed by atoms with Gasteiger partial charge < -0.3 is 15.0 Å². The second-order valence-electron chi connectivity index (χ2n) is 4.33. The summed E-state index contributed by atoms with van der Waals surface area (Å²) in [6.07, 6.45) is 0. The first-order chi connectivity index (χ1) is 8.66. The van der Waals surface area contributed by atoms with Crippen molar-refractivity contribution in [1.82, 2.24) is 4.90 Å². The van der Waals surface area contributed by atoms with Crippen molar-refractivity contribution in [2.45, 2.75) is 6.92 Å². The van der Waals surface area contributed by atoms with Gasteiger partial charge in [0.25, 0.3) is 0 Å². The molecule has 0 atom stereocenters. The molecule has 0 spiro atoms. The Balaban J connectivity index is 1.88. The third-order valence-corrected chi connectivity index (χ3v) is 2.92. The average molecular weight is 252 g/mol. The normalized spacial score (nSPS) is 15.6. The van der Waals surface area contributed by atoms with Gasteiger partial charge in [-0.1, -0.05) is 6.07 Å². The zero-order valence-corrected chi connectivity index (χ0v) is 10.4. The van der Waals surface area contributed by atoms with Crippen LogP contribution < -0.4 is 5.32 Å². The minimum atomic E-state index is -0.329. The second-order valence-corrected chi connectivity index (χ2v) is 4.33. The zero-order chi connectivity index (χ0) is 13.0. The van der Waals surface area contributed by atoms with Gasteiger partial charge in [-0.25, -0.2) is 4.39 Å². The molecule has 1 aliphatic heterocycles. The summed E-state index contributed by atoms with van der Waals surface area (Å²) in [7, 11) is 0. The zero-order valence-electron chi connectivity index (χ0n) is 10.4. The fraction of sp³-hybridized carbons (Fsp3) is 0.462. The number of anilines is 1. The van der Waals surface area contributed by atoms with Crippen LogP contribution in [0.2, 0.25) is 0 Å². The first-order valence-electron chi connectivity index (χ1n) is 6.02. The SMILES string of the molecule is Cc1ccc(NCC(=O)N2CCOCC2)c(F)c1. The molecule has 1 aromatic rings. The quantitative estimate of drug-likeness (QED) is 0.884. The highest BCUT2D eigenvalue weighted by atomic mass is 19.1. The largest absolute Gasteiger partial charge is 0.378 e. The molecule has 0 radical (unpaired) electrons. The van der Waals surface area contributed by atoms with Crippen molar-refractivity contribution in [3.8, 4) is 0 Å². The minimum Gasteiger partial charge on any atom is -0.378 e. The van der Waals surface area contributed by atoms with E-state index < -0.39 is 0 Å². The van der Waals surface area contributed by atoms with E-state index >= 15 is 0 Å². The molecular formula is C13H17FN2O2. The number of halogens is 1. The van der Waals surface area contributed by atoms with Crippen LogP contribution in [0.1, 0.15) is 5.56 Å². The van der Waals surface area contributed by atoms with E-state index in [9.17, 15) is 9.18 Å². The monoisotopic (exact) mass is 252 g/mol. The minimum absolute atomic E-state index is 0.0294. The van der Waals surface area contributed by atoms with Gasteiger partial charge in [-0.3, -0.25) is 4.79 Å². The van der Waals surface area contributed by atoms with E-state index in [4.69, 9.17) is 4.74 Å². The first kappa shape index (κ1) is 12.8. The van der Waals surface area contributed by atoms with Crippen molar-refractivity contribution in [1.29, 1.82) is 0 Å². The van der Waals surface area contributed by atoms with Gasteiger partial charge >= 0.3 is 0 Å². The topological polar surface area (TPSA) is 41.6 Å². The summed E-state index contributed by atoms with van der Waals surface area (Å²) >= 11 is 0. The Morgan fingerprint density at radius 2 is 2.17 bits per heavy atom. The van der Waals surface area contributed by atoms with Crippen LogP contribution in [-0.2, 0) is 9.53 Å². The predicted molar refractivity (Wildman–Crippen MR) is 67.0 cm³/mol. The van der Waals surface area contributed by atoms with Gasteiger partial charge in [0.05, 0.1) is 25.4 Å². The molecule has 0 bridgehead atoms. The molecule has 18 heavy (non-hydrogen) atoms. The Morgan fingerprint density at radius 3 is 2.83 bits per heavy atom. The molecule has 0 aliphatic carbocycles.